The fourth-order valence-corrected chi connectivity index (χ4v) is 3.35. The summed E-state index contributed by atoms with van der Waals surface area (Å²) < 4.78 is 0. The monoisotopic (exact) mass is 196 g/mol. The summed E-state index contributed by atoms with van der Waals surface area (Å²) in [6, 6.07) is 2.50. The lowest BCUT2D eigenvalue weighted by molar-refractivity contribution is 0.116. The Balaban J connectivity index is 1.92. The van der Waals surface area contributed by atoms with Gasteiger partial charge in [-0.25, -0.2) is 0 Å². The zero-order valence-corrected chi connectivity index (χ0v) is 9.79. The van der Waals surface area contributed by atoms with E-state index in [4.69, 9.17) is 0 Å². The van der Waals surface area contributed by atoms with E-state index < -0.39 is 0 Å². The smallest absolute Gasteiger partial charge is 0.00989 e. The van der Waals surface area contributed by atoms with E-state index in [1.165, 1.54) is 25.7 Å². The van der Waals surface area contributed by atoms with Crippen LogP contribution in [0.3, 0.4) is 0 Å². The van der Waals surface area contributed by atoms with Crippen LogP contribution in [0.1, 0.15) is 39.5 Å². The molecule has 0 saturated carbocycles. The molecule has 2 rings (SSSR count). The van der Waals surface area contributed by atoms with Crippen LogP contribution in [0.15, 0.2) is 0 Å². The molecule has 2 bridgehead atoms. The molecule has 3 atom stereocenters. The van der Waals surface area contributed by atoms with Gasteiger partial charge in [0.15, 0.2) is 0 Å². The molecule has 0 spiro atoms. The minimum atomic E-state index is 0.719. The average molecular weight is 196 g/mol. The maximum absolute atomic E-state index is 3.58. The molecule has 2 aliphatic heterocycles. The Kier molecular flexibility index (Phi) is 3.13. The van der Waals surface area contributed by atoms with Gasteiger partial charge in [-0.2, -0.15) is 0 Å². The summed E-state index contributed by atoms with van der Waals surface area (Å²) in [7, 11) is 2.32. The first-order valence-electron chi connectivity index (χ1n) is 6.17. The summed E-state index contributed by atoms with van der Waals surface area (Å²) in [6.07, 6.45) is 5.72. The Labute approximate surface area is 88.1 Å². The van der Waals surface area contributed by atoms with Gasteiger partial charge in [0.1, 0.15) is 0 Å². The van der Waals surface area contributed by atoms with Gasteiger partial charge in [-0.05, 0) is 52.1 Å². The third-order valence-electron chi connectivity index (χ3n) is 4.37. The van der Waals surface area contributed by atoms with Crippen LogP contribution in [-0.2, 0) is 0 Å². The molecule has 3 unspecified atom stereocenters. The maximum atomic E-state index is 3.58. The summed E-state index contributed by atoms with van der Waals surface area (Å²) >= 11 is 0. The van der Waals surface area contributed by atoms with Crippen molar-refractivity contribution >= 4 is 0 Å². The van der Waals surface area contributed by atoms with Crippen molar-refractivity contribution in [1.82, 2.24) is 10.2 Å². The number of nitrogens with one attached hydrogen (secondary N) is 1. The van der Waals surface area contributed by atoms with Crippen LogP contribution in [-0.4, -0.2) is 36.6 Å². The number of hydrogen-bond donors (Lipinski definition) is 1. The third kappa shape index (κ3) is 1.82. The number of hydrogen-bond acceptors (Lipinski definition) is 2. The molecule has 2 heterocycles. The summed E-state index contributed by atoms with van der Waals surface area (Å²) in [5.41, 5.74) is 0. The molecule has 0 aromatic rings. The van der Waals surface area contributed by atoms with Crippen molar-refractivity contribution in [2.24, 2.45) is 5.92 Å². The van der Waals surface area contributed by atoms with Crippen molar-refractivity contribution in [2.45, 2.75) is 57.7 Å². The summed E-state index contributed by atoms with van der Waals surface area (Å²) in [4.78, 5) is 2.62. The molecular formula is C12H24N2. The van der Waals surface area contributed by atoms with E-state index in [0.717, 1.165) is 30.6 Å². The number of nitrogens with zero attached hydrogens (tertiary/aromatic N) is 1. The lowest BCUT2D eigenvalue weighted by Crippen LogP contribution is -2.45. The molecular weight excluding hydrogens is 172 g/mol. The Morgan fingerprint density at radius 1 is 1.29 bits per heavy atom. The van der Waals surface area contributed by atoms with Gasteiger partial charge in [0.05, 0.1) is 0 Å². The molecule has 2 fully saturated rings. The molecule has 2 heteroatoms. The first-order chi connectivity index (χ1) is 6.72. The van der Waals surface area contributed by atoms with Crippen molar-refractivity contribution in [3.05, 3.63) is 0 Å². The standard InChI is InChI=1S/C12H24N2/c1-4-13-9(2)10-7-11-5-6-12(8-10)14(11)3/h9-13H,4-8H2,1-3H3. The van der Waals surface area contributed by atoms with Gasteiger partial charge in [0.25, 0.3) is 0 Å². The minimum Gasteiger partial charge on any atom is -0.314 e. The third-order valence-corrected chi connectivity index (χ3v) is 4.37. The van der Waals surface area contributed by atoms with Gasteiger partial charge in [-0.3, -0.25) is 0 Å². The second kappa shape index (κ2) is 4.19. The Bertz CT molecular complexity index is 179. The Morgan fingerprint density at radius 2 is 1.86 bits per heavy atom. The molecule has 1 N–H and O–H groups in total. The number of piperidine rings is 1. The lowest BCUT2D eigenvalue weighted by Gasteiger charge is -2.39. The number of fused-ring (bicyclic) bond motifs is 2. The van der Waals surface area contributed by atoms with Gasteiger partial charge < -0.3 is 10.2 Å². The van der Waals surface area contributed by atoms with Crippen molar-refractivity contribution in [1.29, 1.82) is 0 Å². The van der Waals surface area contributed by atoms with Crippen molar-refractivity contribution in [3.63, 3.8) is 0 Å². The van der Waals surface area contributed by atoms with Crippen LogP contribution in [0.2, 0.25) is 0 Å². The molecule has 0 aromatic heterocycles. The van der Waals surface area contributed by atoms with E-state index in [9.17, 15) is 0 Å². The molecule has 0 aliphatic carbocycles. The quantitative estimate of drug-likeness (QED) is 0.741. The van der Waals surface area contributed by atoms with E-state index in [1.54, 1.807) is 0 Å². The average Bonchev–Trinajstić information content (AvgIpc) is 2.42. The van der Waals surface area contributed by atoms with E-state index in [1.807, 2.05) is 0 Å². The summed E-state index contributed by atoms with van der Waals surface area (Å²) in [5.74, 6) is 0.920. The number of rotatable bonds is 3. The molecule has 2 aliphatic rings. The fourth-order valence-electron chi connectivity index (χ4n) is 3.35. The first kappa shape index (κ1) is 10.4. The van der Waals surface area contributed by atoms with Gasteiger partial charge in [0.2, 0.25) is 0 Å². The van der Waals surface area contributed by atoms with Gasteiger partial charge in [0, 0.05) is 18.1 Å². The molecule has 2 saturated heterocycles. The van der Waals surface area contributed by atoms with Crippen LogP contribution in [0.4, 0.5) is 0 Å². The lowest BCUT2D eigenvalue weighted by atomic mass is 9.86. The van der Waals surface area contributed by atoms with Gasteiger partial charge in [-0.1, -0.05) is 6.92 Å². The second-order valence-corrected chi connectivity index (χ2v) is 5.13. The zero-order chi connectivity index (χ0) is 10.1. The molecule has 2 nitrogen and oxygen atoms in total. The highest BCUT2D eigenvalue weighted by Gasteiger charge is 2.39. The van der Waals surface area contributed by atoms with E-state index in [0.29, 0.717) is 0 Å². The highest BCUT2D eigenvalue weighted by atomic mass is 15.2. The van der Waals surface area contributed by atoms with Crippen LogP contribution < -0.4 is 5.32 Å². The van der Waals surface area contributed by atoms with Crippen molar-refractivity contribution in [2.75, 3.05) is 13.6 Å². The summed E-state index contributed by atoms with van der Waals surface area (Å²) in [6.45, 7) is 5.68. The normalized spacial score (nSPS) is 40.1. The predicted molar refractivity (Wildman–Crippen MR) is 60.4 cm³/mol. The SMILES string of the molecule is CCNC(C)C1CC2CCC(C1)N2C. The molecule has 0 radical (unpaired) electrons. The first-order valence-corrected chi connectivity index (χ1v) is 6.17. The van der Waals surface area contributed by atoms with Crippen molar-refractivity contribution in [3.8, 4) is 0 Å². The van der Waals surface area contributed by atoms with E-state index in [2.05, 4.69) is 31.1 Å². The molecule has 14 heavy (non-hydrogen) atoms. The second-order valence-electron chi connectivity index (χ2n) is 5.13. The topological polar surface area (TPSA) is 15.3 Å². The van der Waals surface area contributed by atoms with Crippen LogP contribution in [0, 0.1) is 5.92 Å². The largest absolute Gasteiger partial charge is 0.314 e. The highest BCUT2D eigenvalue weighted by Crippen LogP contribution is 2.38. The highest BCUT2D eigenvalue weighted by molar-refractivity contribution is 4.95. The van der Waals surface area contributed by atoms with Gasteiger partial charge >= 0.3 is 0 Å². The Hall–Kier alpha value is -0.0800. The Morgan fingerprint density at radius 3 is 2.36 bits per heavy atom. The molecule has 0 amide bonds. The van der Waals surface area contributed by atoms with Crippen LogP contribution in [0.25, 0.3) is 0 Å². The van der Waals surface area contributed by atoms with E-state index >= 15 is 0 Å². The van der Waals surface area contributed by atoms with Crippen LogP contribution >= 0.6 is 0 Å². The summed E-state index contributed by atoms with van der Waals surface area (Å²) in [5, 5.41) is 3.58. The van der Waals surface area contributed by atoms with Gasteiger partial charge in [-0.15, -0.1) is 0 Å². The van der Waals surface area contributed by atoms with Crippen molar-refractivity contribution < 1.29 is 0 Å². The van der Waals surface area contributed by atoms with Crippen LogP contribution in [0.5, 0.6) is 0 Å². The predicted octanol–water partition coefficient (Wildman–Crippen LogP) is 1.86. The minimum absolute atomic E-state index is 0.719. The molecule has 0 aromatic carbocycles. The fraction of sp³-hybridized carbons (Fsp3) is 1.00. The molecule has 82 valence electrons. The zero-order valence-electron chi connectivity index (χ0n) is 9.79. The maximum Gasteiger partial charge on any atom is 0.00989 e. The van der Waals surface area contributed by atoms with E-state index in [-0.39, 0.29) is 0 Å².